The predicted molar refractivity (Wildman–Crippen MR) is 111 cm³/mol. The number of carbonyl (C=O) groups is 2. The number of rotatable bonds is 4. The number of nitrogens with one attached hydrogen (secondary N) is 1. The van der Waals surface area contributed by atoms with E-state index >= 15 is 0 Å². The van der Waals surface area contributed by atoms with Crippen LogP contribution in [-0.4, -0.2) is 31.4 Å². The maximum Gasteiger partial charge on any atom is 0.229 e. The topological polar surface area (TPSA) is 52.7 Å². The number of nitrogens with zero attached hydrogens (tertiary/aromatic N) is 2. The summed E-state index contributed by atoms with van der Waals surface area (Å²) in [5, 5.41) is 2.91. The molecule has 5 nitrogen and oxygen atoms in total. The summed E-state index contributed by atoms with van der Waals surface area (Å²) in [5.74, 6) is -0.453. The number of halogens is 1. The maximum atomic E-state index is 12.6. The summed E-state index contributed by atoms with van der Waals surface area (Å²) >= 11 is 3.40. The summed E-state index contributed by atoms with van der Waals surface area (Å²) in [6, 6.07) is 15.6. The molecule has 0 saturated carbocycles. The Balaban J connectivity index is 1.41. The maximum absolute atomic E-state index is 12.6. The molecule has 2 aliphatic rings. The van der Waals surface area contributed by atoms with Gasteiger partial charge in [-0.3, -0.25) is 9.59 Å². The Bertz CT molecular complexity index is 847. The molecule has 0 spiro atoms. The lowest BCUT2D eigenvalue weighted by Crippen LogP contribution is -2.28. The highest BCUT2D eigenvalue weighted by Gasteiger charge is 2.35. The smallest absolute Gasteiger partial charge is 0.229 e. The summed E-state index contributed by atoms with van der Waals surface area (Å²) in [7, 11) is 0. The zero-order valence-electron chi connectivity index (χ0n) is 15.0. The van der Waals surface area contributed by atoms with Crippen LogP contribution >= 0.6 is 15.9 Å². The standard InChI is InChI=1S/C21H22BrN3O2/c22-16-4-3-5-17(13-16)23-21(27)15-12-20(26)25(14-15)19-8-6-18(7-9-19)24-10-1-2-11-24/h3-9,13,15H,1-2,10-12,14H2,(H,23,27). The first-order valence-corrected chi connectivity index (χ1v) is 10.1. The number of amides is 2. The van der Waals surface area contributed by atoms with Crippen LogP contribution in [0.5, 0.6) is 0 Å². The molecule has 0 aromatic heterocycles. The molecule has 1 unspecified atom stereocenters. The summed E-state index contributed by atoms with van der Waals surface area (Å²) in [6.07, 6.45) is 2.72. The van der Waals surface area contributed by atoms with Gasteiger partial charge in [0.1, 0.15) is 0 Å². The van der Waals surface area contributed by atoms with Crippen molar-refractivity contribution in [3.8, 4) is 0 Å². The van der Waals surface area contributed by atoms with Crippen molar-refractivity contribution in [1.29, 1.82) is 0 Å². The van der Waals surface area contributed by atoms with Crippen molar-refractivity contribution in [3.05, 3.63) is 53.0 Å². The van der Waals surface area contributed by atoms with Gasteiger partial charge in [-0.2, -0.15) is 0 Å². The van der Waals surface area contributed by atoms with Gasteiger partial charge in [0.2, 0.25) is 11.8 Å². The minimum absolute atomic E-state index is 0.00156. The molecule has 2 aliphatic heterocycles. The van der Waals surface area contributed by atoms with E-state index in [-0.39, 0.29) is 24.2 Å². The van der Waals surface area contributed by atoms with E-state index < -0.39 is 0 Å². The minimum atomic E-state index is -0.338. The number of hydrogen-bond donors (Lipinski definition) is 1. The Morgan fingerprint density at radius 1 is 1.04 bits per heavy atom. The molecule has 2 aromatic carbocycles. The monoisotopic (exact) mass is 427 g/mol. The van der Waals surface area contributed by atoms with Gasteiger partial charge in [0, 0.05) is 47.6 Å². The average Bonchev–Trinajstić information content (AvgIpc) is 3.32. The lowest BCUT2D eigenvalue weighted by molar-refractivity contribution is -0.122. The SMILES string of the molecule is O=C(Nc1cccc(Br)c1)C1CC(=O)N(c2ccc(N3CCCC3)cc2)C1. The van der Waals surface area contributed by atoms with Gasteiger partial charge in [-0.05, 0) is 55.3 Å². The highest BCUT2D eigenvalue weighted by molar-refractivity contribution is 9.10. The van der Waals surface area contributed by atoms with Gasteiger partial charge in [0.05, 0.1) is 5.92 Å². The van der Waals surface area contributed by atoms with E-state index in [9.17, 15) is 9.59 Å². The third kappa shape index (κ3) is 4.00. The normalized spacial score (nSPS) is 19.6. The van der Waals surface area contributed by atoms with Gasteiger partial charge in [0.25, 0.3) is 0 Å². The van der Waals surface area contributed by atoms with Crippen molar-refractivity contribution in [3.63, 3.8) is 0 Å². The van der Waals surface area contributed by atoms with Crippen LogP contribution in [0.4, 0.5) is 17.1 Å². The van der Waals surface area contributed by atoms with Crippen molar-refractivity contribution < 1.29 is 9.59 Å². The fourth-order valence-electron chi connectivity index (χ4n) is 3.76. The molecule has 2 amide bonds. The van der Waals surface area contributed by atoms with Crippen LogP contribution in [-0.2, 0) is 9.59 Å². The van der Waals surface area contributed by atoms with E-state index in [0.29, 0.717) is 6.54 Å². The summed E-state index contributed by atoms with van der Waals surface area (Å²) < 4.78 is 0.905. The van der Waals surface area contributed by atoms with Crippen LogP contribution in [0.1, 0.15) is 19.3 Å². The van der Waals surface area contributed by atoms with Gasteiger partial charge < -0.3 is 15.1 Å². The molecule has 2 saturated heterocycles. The number of benzene rings is 2. The third-order valence-electron chi connectivity index (χ3n) is 5.22. The van der Waals surface area contributed by atoms with Crippen LogP contribution in [0.15, 0.2) is 53.0 Å². The molecular weight excluding hydrogens is 406 g/mol. The highest BCUT2D eigenvalue weighted by atomic mass is 79.9. The van der Waals surface area contributed by atoms with Crippen molar-refractivity contribution in [2.24, 2.45) is 5.92 Å². The summed E-state index contributed by atoms with van der Waals surface area (Å²) in [5.41, 5.74) is 2.79. The number of carbonyl (C=O) groups excluding carboxylic acids is 2. The second kappa shape index (κ2) is 7.72. The molecule has 27 heavy (non-hydrogen) atoms. The highest BCUT2D eigenvalue weighted by Crippen LogP contribution is 2.29. The molecule has 0 bridgehead atoms. The third-order valence-corrected chi connectivity index (χ3v) is 5.71. The van der Waals surface area contributed by atoms with Gasteiger partial charge in [-0.25, -0.2) is 0 Å². The van der Waals surface area contributed by atoms with Gasteiger partial charge >= 0.3 is 0 Å². The first-order chi connectivity index (χ1) is 13.1. The van der Waals surface area contributed by atoms with E-state index in [4.69, 9.17) is 0 Å². The lowest BCUT2D eigenvalue weighted by Gasteiger charge is -2.20. The molecule has 0 radical (unpaired) electrons. The van der Waals surface area contributed by atoms with Crippen molar-refractivity contribution in [2.45, 2.75) is 19.3 Å². The van der Waals surface area contributed by atoms with Crippen molar-refractivity contribution >= 4 is 44.8 Å². The van der Waals surface area contributed by atoms with E-state index in [1.165, 1.54) is 18.5 Å². The average molecular weight is 428 g/mol. The number of anilines is 3. The molecule has 4 rings (SSSR count). The Kier molecular flexibility index (Phi) is 5.16. The largest absolute Gasteiger partial charge is 0.372 e. The van der Waals surface area contributed by atoms with Crippen molar-refractivity contribution in [2.75, 3.05) is 34.8 Å². The first-order valence-electron chi connectivity index (χ1n) is 9.32. The van der Waals surface area contributed by atoms with Gasteiger partial charge in [-0.15, -0.1) is 0 Å². The Morgan fingerprint density at radius 3 is 2.44 bits per heavy atom. The molecule has 2 aromatic rings. The molecule has 6 heteroatoms. The van der Waals surface area contributed by atoms with Crippen molar-refractivity contribution in [1.82, 2.24) is 0 Å². The van der Waals surface area contributed by atoms with E-state index in [1.807, 2.05) is 36.4 Å². The van der Waals surface area contributed by atoms with Crippen LogP contribution in [0.2, 0.25) is 0 Å². The first kappa shape index (κ1) is 18.0. The van der Waals surface area contributed by atoms with E-state index in [1.54, 1.807) is 4.90 Å². The predicted octanol–water partition coefficient (Wildman–Crippen LogP) is 4.04. The summed E-state index contributed by atoms with van der Waals surface area (Å²) in [6.45, 7) is 2.61. The lowest BCUT2D eigenvalue weighted by atomic mass is 10.1. The quantitative estimate of drug-likeness (QED) is 0.800. The Morgan fingerprint density at radius 2 is 1.74 bits per heavy atom. The number of hydrogen-bond acceptors (Lipinski definition) is 3. The molecular formula is C21H22BrN3O2. The molecule has 1 atom stereocenters. The molecule has 1 N–H and O–H groups in total. The summed E-state index contributed by atoms with van der Waals surface area (Å²) in [4.78, 5) is 29.1. The fourth-order valence-corrected chi connectivity index (χ4v) is 4.16. The molecule has 140 valence electrons. The van der Waals surface area contributed by atoms with Gasteiger partial charge in [0.15, 0.2) is 0 Å². The second-order valence-electron chi connectivity index (χ2n) is 7.12. The fraction of sp³-hybridized carbons (Fsp3) is 0.333. The molecule has 2 fully saturated rings. The second-order valence-corrected chi connectivity index (χ2v) is 8.03. The Hall–Kier alpha value is -2.34. The van der Waals surface area contributed by atoms with E-state index in [0.717, 1.165) is 28.9 Å². The zero-order valence-corrected chi connectivity index (χ0v) is 16.6. The molecule has 2 heterocycles. The van der Waals surface area contributed by atoms with Crippen LogP contribution < -0.4 is 15.1 Å². The molecule has 0 aliphatic carbocycles. The van der Waals surface area contributed by atoms with Crippen LogP contribution in [0.25, 0.3) is 0 Å². The minimum Gasteiger partial charge on any atom is -0.372 e. The van der Waals surface area contributed by atoms with E-state index in [2.05, 4.69) is 38.3 Å². The van der Waals surface area contributed by atoms with Gasteiger partial charge in [-0.1, -0.05) is 22.0 Å². The van der Waals surface area contributed by atoms with Crippen LogP contribution in [0.3, 0.4) is 0 Å². The zero-order chi connectivity index (χ0) is 18.8. The Labute approximate surface area is 167 Å². The van der Waals surface area contributed by atoms with Crippen LogP contribution in [0, 0.1) is 5.92 Å².